The predicted molar refractivity (Wildman–Crippen MR) is 97.5 cm³/mol. The van der Waals surface area contributed by atoms with E-state index in [9.17, 15) is 4.79 Å². The van der Waals surface area contributed by atoms with Gasteiger partial charge in [0.05, 0.1) is 27.2 Å². The number of nitrogens with two attached hydrogens (primary N) is 1. The van der Waals surface area contributed by atoms with E-state index in [2.05, 4.69) is 5.32 Å². The minimum absolute atomic E-state index is 0.359. The van der Waals surface area contributed by atoms with E-state index in [0.717, 1.165) is 16.8 Å². The molecule has 0 saturated carbocycles. The van der Waals surface area contributed by atoms with E-state index >= 15 is 0 Å². The molecule has 1 atom stereocenters. The van der Waals surface area contributed by atoms with Gasteiger partial charge in [-0.2, -0.15) is 0 Å². The molecule has 134 valence electrons. The summed E-state index contributed by atoms with van der Waals surface area (Å²) in [5.41, 5.74) is 8.12. The highest BCUT2D eigenvalue weighted by atomic mass is 16.5. The molecule has 2 aromatic rings. The number of ether oxygens (including phenoxy) is 3. The quantitative estimate of drug-likeness (QED) is 0.769. The van der Waals surface area contributed by atoms with Crippen LogP contribution in [-0.2, 0) is 11.3 Å². The lowest BCUT2D eigenvalue weighted by atomic mass is 9.98. The third kappa shape index (κ3) is 4.15. The SMILES string of the molecule is COc1cc(CNc2ccccc2C(C)C(N)=O)cc(OC)c1OC. The summed E-state index contributed by atoms with van der Waals surface area (Å²) in [4.78, 5) is 11.5. The monoisotopic (exact) mass is 344 g/mol. The van der Waals surface area contributed by atoms with Gasteiger partial charge in [0.15, 0.2) is 11.5 Å². The number of rotatable bonds is 8. The summed E-state index contributed by atoms with van der Waals surface area (Å²) in [6.07, 6.45) is 0. The molecular formula is C19H24N2O4. The highest BCUT2D eigenvalue weighted by Gasteiger charge is 2.16. The molecule has 0 fully saturated rings. The minimum Gasteiger partial charge on any atom is -0.493 e. The van der Waals surface area contributed by atoms with Crippen molar-refractivity contribution < 1.29 is 19.0 Å². The molecule has 1 amide bonds. The zero-order chi connectivity index (χ0) is 18.4. The van der Waals surface area contributed by atoms with Crippen LogP contribution in [0.25, 0.3) is 0 Å². The Bertz CT molecular complexity index is 721. The van der Waals surface area contributed by atoms with Gasteiger partial charge in [0.25, 0.3) is 0 Å². The fourth-order valence-corrected chi connectivity index (χ4v) is 2.62. The number of benzene rings is 2. The van der Waals surface area contributed by atoms with Crippen LogP contribution >= 0.6 is 0 Å². The molecule has 1 unspecified atom stereocenters. The van der Waals surface area contributed by atoms with Crippen LogP contribution in [0.5, 0.6) is 17.2 Å². The fourth-order valence-electron chi connectivity index (χ4n) is 2.62. The summed E-state index contributed by atoms with van der Waals surface area (Å²) >= 11 is 0. The summed E-state index contributed by atoms with van der Waals surface area (Å²) in [7, 11) is 4.73. The minimum atomic E-state index is -0.372. The van der Waals surface area contributed by atoms with Gasteiger partial charge in [-0.15, -0.1) is 0 Å². The van der Waals surface area contributed by atoms with Crippen molar-refractivity contribution in [3.8, 4) is 17.2 Å². The third-order valence-corrected chi connectivity index (χ3v) is 4.06. The number of methoxy groups -OCH3 is 3. The predicted octanol–water partition coefficient (Wildman–Crippen LogP) is 2.91. The summed E-state index contributed by atoms with van der Waals surface area (Å²) in [6, 6.07) is 11.4. The highest BCUT2D eigenvalue weighted by Crippen LogP contribution is 2.38. The Labute approximate surface area is 147 Å². The van der Waals surface area contributed by atoms with Crippen LogP contribution in [0.2, 0.25) is 0 Å². The molecule has 2 aromatic carbocycles. The van der Waals surface area contributed by atoms with Gasteiger partial charge < -0.3 is 25.3 Å². The molecule has 0 bridgehead atoms. The van der Waals surface area contributed by atoms with E-state index in [0.29, 0.717) is 23.8 Å². The molecule has 0 spiro atoms. The summed E-state index contributed by atoms with van der Waals surface area (Å²) in [6.45, 7) is 2.32. The van der Waals surface area contributed by atoms with E-state index in [1.807, 2.05) is 36.4 Å². The molecule has 2 rings (SSSR count). The molecule has 0 radical (unpaired) electrons. The van der Waals surface area contributed by atoms with Crippen LogP contribution in [0, 0.1) is 0 Å². The molecule has 0 aromatic heterocycles. The lowest BCUT2D eigenvalue weighted by Gasteiger charge is -2.17. The van der Waals surface area contributed by atoms with E-state index in [4.69, 9.17) is 19.9 Å². The number of carbonyl (C=O) groups excluding carboxylic acids is 1. The first kappa shape index (κ1) is 18.4. The van der Waals surface area contributed by atoms with Gasteiger partial charge in [-0.1, -0.05) is 18.2 Å². The number of para-hydroxylation sites is 1. The van der Waals surface area contributed by atoms with Gasteiger partial charge in [0, 0.05) is 12.2 Å². The first-order chi connectivity index (χ1) is 12.0. The van der Waals surface area contributed by atoms with Crippen molar-refractivity contribution in [1.29, 1.82) is 0 Å². The zero-order valence-corrected chi connectivity index (χ0v) is 15.0. The van der Waals surface area contributed by atoms with Crippen molar-refractivity contribution >= 4 is 11.6 Å². The van der Waals surface area contributed by atoms with Gasteiger partial charge in [0.2, 0.25) is 11.7 Å². The molecule has 0 aliphatic heterocycles. The molecule has 3 N–H and O–H groups in total. The van der Waals surface area contributed by atoms with Crippen molar-refractivity contribution in [1.82, 2.24) is 0 Å². The Morgan fingerprint density at radius 1 is 1.08 bits per heavy atom. The van der Waals surface area contributed by atoms with E-state index in [1.165, 1.54) is 0 Å². The molecule has 0 aliphatic carbocycles. The molecule has 0 saturated heterocycles. The number of amides is 1. The maximum Gasteiger partial charge on any atom is 0.224 e. The highest BCUT2D eigenvalue weighted by molar-refractivity contribution is 5.83. The first-order valence-corrected chi connectivity index (χ1v) is 7.92. The van der Waals surface area contributed by atoms with Crippen LogP contribution in [0.15, 0.2) is 36.4 Å². The van der Waals surface area contributed by atoms with Gasteiger partial charge in [-0.05, 0) is 36.2 Å². The summed E-state index contributed by atoms with van der Waals surface area (Å²) in [5.74, 6) is 1.01. The number of hydrogen-bond donors (Lipinski definition) is 2. The van der Waals surface area contributed by atoms with Crippen LogP contribution in [0.4, 0.5) is 5.69 Å². The maximum absolute atomic E-state index is 11.5. The normalized spacial score (nSPS) is 11.5. The average Bonchev–Trinajstić information content (AvgIpc) is 2.64. The molecule has 6 heteroatoms. The Hall–Kier alpha value is -2.89. The Morgan fingerprint density at radius 3 is 2.20 bits per heavy atom. The van der Waals surface area contributed by atoms with Crippen molar-refractivity contribution in [3.05, 3.63) is 47.5 Å². The number of hydrogen-bond acceptors (Lipinski definition) is 5. The Balaban J connectivity index is 2.26. The van der Waals surface area contributed by atoms with Crippen molar-refractivity contribution in [2.24, 2.45) is 5.73 Å². The topological polar surface area (TPSA) is 82.8 Å². The van der Waals surface area contributed by atoms with Gasteiger partial charge in [0.1, 0.15) is 0 Å². The van der Waals surface area contributed by atoms with E-state index in [-0.39, 0.29) is 11.8 Å². The molecule has 0 heterocycles. The second-order valence-electron chi connectivity index (χ2n) is 5.60. The van der Waals surface area contributed by atoms with Crippen molar-refractivity contribution in [3.63, 3.8) is 0 Å². The molecule has 0 aliphatic rings. The second kappa shape index (κ2) is 8.28. The van der Waals surface area contributed by atoms with Gasteiger partial charge >= 0.3 is 0 Å². The first-order valence-electron chi connectivity index (χ1n) is 7.92. The van der Waals surface area contributed by atoms with Gasteiger partial charge in [-0.3, -0.25) is 4.79 Å². The van der Waals surface area contributed by atoms with Crippen LogP contribution in [-0.4, -0.2) is 27.2 Å². The maximum atomic E-state index is 11.5. The lowest BCUT2D eigenvalue weighted by Crippen LogP contribution is -2.19. The van der Waals surface area contributed by atoms with Crippen LogP contribution < -0.4 is 25.3 Å². The largest absolute Gasteiger partial charge is 0.493 e. The molecule has 6 nitrogen and oxygen atoms in total. The van der Waals surface area contributed by atoms with Gasteiger partial charge in [-0.25, -0.2) is 0 Å². The number of nitrogens with one attached hydrogen (secondary N) is 1. The summed E-state index contributed by atoms with van der Waals surface area (Å²) in [5, 5.41) is 3.35. The average molecular weight is 344 g/mol. The number of anilines is 1. The summed E-state index contributed by atoms with van der Waals surface area (Å²) < 4.78 is 16.1. The number of primary amides is 1. The standard InChI is InChI=1S/C19H24N2O4/c1-12(19(20)22)14-7-5-6-8-15(14)21-11-13-9-16(23-2)18(25-4)17(10-13)24-3/h5-10,12,21H,11H2,1-4H3,(H2,20,22). The van der Waals surface area contributed by atoms with Crippen molar-refractivity contribution in [2.45, 2.75) is 19.4 Å². The van der Waals surface area contributed by atoms with Crippen LogP contribution in [0.3, 0.4) is 0 Å². The smallest absolute Gasteiger partial charge is 0.224 e. The Morgan fingerprint density at radius 2 is 1.68 bits per heavy atom. The Kier molecular flexibility index (Phi) is 6.11. The third-order valence-electron chi connectivity index (χ3n) is 4.06. The second-order valence-corrected chi connectivity index (χ2v) is 5.60. The number of carbonyl (C=O) groups is 1. The molecular weight excluding hydrogens is 320 g/mol. The molecule has 25 heavy (non-hydrogen) atoms. The van der Waals surface area contributed by atoms with Crippen molar-refractivity contribution in [2.75, 3.05) is 26.6 Å². The van der Waals surface area contributed by atoms with E-state index < -0.39 is 0 Å². The van der Waals surface area contributed by atoms with Crippen LogP contribution in [0.1, 0.15) is 24.0 Å². The fraction of sp³-hybridized carbons (Fsp3) is 0.316. The lowest BCUT2D eigenvalue weighted by molar-refractivity contribution is -0.119. The zero-order valence-electron chi connectivity index (χ0n) is 15.0. The van der Waals surface area contributed by atoms with E-state index in [1.54, 1.807) is 28.3 Å².